The van der Waals surface area contributed by atoms with Gasteiger partial charge in [0.1, 0.15) is 12.1 Å². The van der Waals surface area contributed by atoms with Gasteiger partial charge in [0.05, 0.1) is 5.52 Å². The number of halogens is 2. The van der Waals surface area contributed by atoms with E-state index in [0.717, 1.165) is 42.4 Å². The van der Waals surface area contributed by atoms with Crippen molar-refractivity contribution in [3.05, 3.63) is 30.1 Å². The van der Waals surface area contributed by atoms with E-state index in [4.69, 9.17) is 5.73 Å². The van der Waals surface area contributed by atoms with Gasteiger partial charge in [0, 0.05) is 17.5 Å². The van der Waals surface area contributed by atoms with Gasteiger partial charge in [0.25, 0.3) is 0 Å². The van der Waals surface area contributed by atoms with Gasteiger partial charge in [-0.1, -0.05) is 11.6 Å². The lowest BCUT2D eigenvalue weighted by Crippen LogP contribution is -2.33. The van der Waals surface area contributed by atoms with Gasteiger partial charge in [-0.15, -0.1) is 24.8 Å². The van der Waals surface area contributed by atoms with Gasteiger partial charge in [0.15, 0.2) is 0 Å². The molecule has 3 N–H and O–H groups in total. The highest BCUT2D eigenvalue weighted by atomic mass is 35.5. The molecule has 4 nitrogen and oxygen atoms in total. The van der Waals surface area contributed by atoms with Gasteiger partial charge in [0.2, 0.25) is 0 Å². The Morgan fingerprint density at radius 3 is 2.52 bits per heavy atom. The van der Waals surface area contributed by atoms with E-state index in [1.807, 2.05) is 6.07 Å². The Bertz CT molecular complexity index is 583. The summed E-state index contributed by atoms with van der Waals surface area (Å²) < 4.78 is 0. The lowest BCUT2D eigenvalue weighted by molar-refractivity contribution is 0.410. The SMILES string of the molecule is Cc1ccc2ncnc(N[C@H]3CC[C@H](N)CC3)c2c1.Cl.Cl. The molecule has 0 atom stereocenters. The minimum atomic E-state index is 0. The number of fused-ring (bicyclic) bond motifs is 1. The average Bonchev–Trinajstić information content (AvgIpc) is 2.42. The summed E-state index contributed by atoms with van der Waals surface area (Å²) in [7, 11) is 0. The number of aromatic nitrogens is 2. The molecule has 116 valence electrons. The van der Waals surface area contributed by atoms with Gasteiger partial charge in [-0.25, -0.2) is 9.97 Å². The Morgan fingerprint density at radius 1 is 1.10 bits per heavy atom. The Kier molecular flexibility index (Phi) is 6.65. The van der Waals surface area contributed by atoms with Crippen molar-refractivity contribution in [3.8, 4) is 0 Å². The quantitative estimate of drug-likeness (QED) is 0.886. The van der Waals surface area contributed by atoms with E-state index in [1.54, 1.807) is 6.33 Å². The zero-order chi connectivity index (χ0) is 13.2. The topological polar surface area (TPSA) is 63.8 Å². The van der Waals surface area contributed by atoms with E-state index in [9.17, 15) is 0 Å². The van der Waals surface area contributed by atoms with E-state index in [1.165, 1.54) is 5.56 Å². The normalized spacial score (nSPS) is 21.2. The highest BCUT2D eigenvalue weighted by Crippen LogP contribution is 2.25. The van der Waals surface area contributed by atoms with Gasteiger partial charge in [-0.05, 0) is 44.7 Å². The first-order chi connectivity index (χ1) is 9.22. The fourth-order valence-corrected chi connectivity index (χ4v) is 2.74. The number of hydrogen-bond acceptors (Lipinski definition) is 4. The van der Waals surface area contributed by atoms with Crippen LogP contribution in [0.4, 0.5) is 5.82 Å². The molecule has 1 aromatic carbocycles. The van der Waals surface area contributed by atoms with Gasteiger partial charge >= 0.3 is 0 Å². The summed E-state index contributed by atoms with van der Waals surface area (Å²) in [6.07, 6.45) is 6.07. The fraction of sp³-hybridized carbons (Fsp3) is 0.467. The summed E-state index contributed by atoms with van der Waals surface area (Å²) in [4.78, 5) is 8.72. The van der Waals surface area contributed by atoms with Crippen LogP contribution in [0, 0.1) is 6.92 Å². The first-order valence-corrected chi connectivity index (χ1v) is 6.96. The van der Waals surface area contributed by atoms with Crippen LogP contribution >= 0.6 is 24.8 Å². The summed E-state index contributed by atoms with van der Waals surface area (Å²) in [5, 5.41) is 4.67. The molecule has 0 unspecified atom stereocenters. The van der Waals surface area contributed by atoms with Crippen LogP contribution in [0.2, 0.25) is 0 Å². The minimum Gasteiger partial charge on any atom is -0.367 e. The molecule has 0 amide bonds. The molecule has 0 radical (unpaired) electrons. The maximum absolute atomic E-state index is 5.95. The van der Waals surface area contributed by atoms with Gasteiger partial charge < -0.3 is 11.1 Å². The molecule has 1 fully saturated rings. The summed E-state index contributed by atoms with van der Waals surface area (Å²) >= 11 is 0. The molecule has 3 rings (SSSR count). The number of anilines is 1. The largest absolute Gasteiger partial charge is 0.367 e. The summed E-state index contributed by atoms with van der Waals surface area (Å²) in [6.45, 7) is 2.09. The van der Waals surface area contributed by atoms with Crippen molar-refractivity contribution >= 4 is 41.5 Å². The molecule has 1 aliphatic rings. The molecule has 1 aliphatic carbocycles. The van der Waals surface area contributed by atoms with E-state index in [-0.39, 0.29) is 24.8 Å². The monoisotopic (exact) mass is 328 g/mol. The second-order valence-corrected chi connectivity index (χ2v) is 5.50. The van der Waals surface area contributed by atoms with E-state index >= 15 is 0 Å². The van der Waals surface area contributed by atoms with Crippen LogP contribution in [0.15, 0.2) is 24.5 Å². The van der Waals surface area contributed by atoms with Gasteiger partial charge in [-0.2, -0.15) is 0 Å². The Labute approximate surface area is 137 Å². The standard InChI is InChI=1S/C15H20N4.2ClH/c1-10-2-7-14-13(8-10)15(18-9-17-14)19-12-5-3-11(16)4-6-12;;/h2,7-9,11-12H,3-6,16H2,1H3,(H,17,18,19);2*1H/t11-,12-;;. The fourth-order valence-electron chi connectivity index (χ4n) is 2.74. The van der Waals surface area contributed by atoms with Crippen LogP contribution in [0.5, 0.6) is 0 Å². The molecule has 0 bridgehead atoms. The maximum atomic E-state index is 5.95. The Hall–Kier alpha value is -1.10. The van der Waals surface area contributed by atoms with E-state index in [0.29, 0.717) is 12.1 Å². The van der Waals surface area contributed by atoms with Crippen molar-refractivity contribution < 1.29 is 0 Å². The third-order valence-electron chi connectivity index (χ3n) is 3.90. The minimum absolute atomic E-state index is 0. The third kappa shape index (κ3) is 4.19. The molecule has 0 spiro atoms. The lowest BCUT2D eigenvalue weighted by Gasteiger charge is -2.27. The summed E-state index contributed by atoms with van der Waals surface area (Å²) in [5.74, 6) is 0.953. The number of rotatable bonds is 2. The predicted octanol–water partition coefficient (Wildman–Crippen LogP) is 3.46. The molecule has 0 saturated heterocycles. The van der Waals surface area contributed by atoms with Crippen LogP contribution in [0.3, 0.4) is 0 Å². The lowest BCUT2D eigenvalue weighted by atomic mass is 9.92. The van der Waals surface area contributed by atoms with Crippen molar-refractivity contribution in [1.82, 2.24) is 9.97 Å². The zero-order valence-electron chi connectivity index (χ0n) is 12.1. The third-order valence-corrected chi connectivity index (χ3v) is 3.90. The van der Waals surface area contributed by atoms with Crippen LogP contribution in [0.1, 0.15) is 31.2 Å². The molecular weight excluding hydrogens is 307 g/mol. The predicted molar refractivity (Wildman–Crippen MR) is 92.6 cm³/mol. The molecule has 1 saturated carbocycles. The molecule has 0 aliphatic heterocycles. The zero-order valence-corrected chi connectivity index (χ0v) is 13.7. The summed E-state index contributed by atoms with van der Waals surface area (Å²) in [6, 6.07) is 7.14. The highest BCUT2D eigenvalue weighted by molar-refractivity contribution is 5.89. The van der Waals surface area contributed by atoms with E-state index in [2.05, 4.69) is 34.3 Å². The molecule has 1 heterocycles. The average molecular weight is 329 g/mol. The van der Waals surface area contributed by atoms with Crippen LogP contribution in [-0.4, -0.2) is 22.1 Å². The Morgan fingerprint density at radius 2 is 1.81 bits per heavy atom. The van der Waals surface area contributed by atoms with Gasteiger partial charge in [-0.3, -0.25) is 0 Å². The van der Waals surface area contributed by atoms with Crippen molar-refractivity contribution in [2.75, 3.05) is 5.32 Å². The molecule has 6 heteroatoms. The first-order valence-electron chi connectivity index (χ1n) is 6.96. The number of benzene rings is 1. The van der Waals surface area contributed by atoms with Crippen molar-refractivity contribution in [2.45, 2.75) is 44.7 Å². The smallest absolute Gasteiger partial charge is 0.137 e. The first kappa shape index (κ1) is 18.0. The second-order valence-electron chi connectivity index (χ2n) is 5.50. The summed E-state index contributed by atoms with van der Waals surface area (Å²) in [5.41, 5.74) is 8.18. The van der Waals surface area contributed by atoms with Crippen molar-refractivity contribution in [3.63, 3.8) is 0 Å². The molecule has 1 aromatic heterocycles. The highest BCUT2D eigenvalue weighted by Gasteiger charge is 2.19. The molecule has 2 aromatic rings. The Balaban J connectivity index is 0.00000110. The van der Waals surface area contributed by atoms with E-state index < -0.39 is 0 Å². The number of nitrogens with zero attached hydrogens (tertiary/aromatic N) is 2. The van der Waals surface area contributed by atoms with Crippen LogP contribution in [-0.2, 0) is 0 Å². The number of nitrogens with two attached hydrogens (primary N) is 1. The number of nitrogens with one attached hydrogen (secondary N) is 1. The van der Waals surface area contributed by atoms with Crippen molar-refractivity contribution in [2.24, 2.45) is 5.73 Å². The van der Waals surface area contributed by atoms with Crippen LogP contribution in [0.25, 0.3) is 10.9 Å². The number of hydrogen-bond donors (Lipinski definition) is 2. The molecule has 21 heavy (non-hydrogen) atoms. The number of aryl methyl sites for hydroxylation is 1. The maximum Gasteiger partial charge on any atom is 0.137 e. The van der Waals surface area contributed by atoms with Crippen molar-refractivity contribution in [1.29, 1.82) is 0 Å². The second kappa shape index (κ2) is 7.78. The van der Waals surface area contributed by atoms with Crippen LogP contribution < -0.4 is 11.1 Å². The molecular formula is C15H22Cl2N4.